The Balaban J connectivity index is 0.000000373. The molecule has 2 aromatic rings. The molecule has 2 aliphatic heterocycles. The first-order chi connectivity index (χ1) is 9.81. The molecule has 20 heavy (non-hydrogen) atoms. The van der Waals surface area contributed by atoms with E-state index in [2.05, 4.69) is 55.7 Å². The molecule has 4 rings (SSSR count). The number of piperidine rings is 1. The number of benzene rings is 1. The van der Waals surface area contributed by atoms with E-state index in [4.69, 9.17) is 5.26 Å². The molecule has 0 spiro atoms. The fourth-order valence-corrected chi connectivity index (χ4v) is 3.58. The van der Waals surface area contributed by atoms with Crippen molar-refractivity contribution in [1.29, 1.82) is 5.26 Å². The van der Waals surface area contributed by atoms with Crippen molar-refractivity contribution in [1.82, 2.24) is 15.5 Å². The van der Waals surface area contributed by atoms with Crippen molar-refractivity contribution in [2.75, 3.05) is 0 Å². The van der Waals surface area contributed by atoms with Crippen LogP contribution in [0, 0.1) is 10.2 Å². The summed E-state index contributed by atoms with van der Waals surface area (Å²) in [7, 11) is 0. The van der Waals surface area contributed by atoms with Crippen molar-refractivity contribution in [2.24, 2.45) is 0 Å². The molecule has 2 aliphatic rings. The van der Waals surface area contributed by atoms with E-state index in [9.17, 15) is 0 Å². The highest BCUT2D eigenvalue weighted by atomic mass is 79.9. The van der Waals surface area contributed by atoms with Crippen molar-refractivity contribution in [3.63, 3.8) is 0 Å². The third-order valence-corrected chi connectivity index (χ3v) is 4.37. The van der Waals surface area contributed by atoms with Gasteiger partial charge >= 0.3 is 0 Å². The average molecular weight is 333 g/mol. The van der Waals surface area contributed by atoms with Crippen molar-refractivity contribution in [3.8, 4) is 4.98 Å². The summed E-state index contributed by atoms with van der Waals surface area (Å²) in [6.45, 7) is 0. The Kier molecular flexibility index (Phi) is 4.04. The van der Waals surface area contributed by atoms with Gasteiger partial charge in [-0.2, -0.15) is 10.4 Å². The number of rotatable bonds is 1. The monoisotopic (exact) mass is 332 g/mol. The summed E-state index contributed by atoms with van der Waals surface area (Å²) in [5.74, 6) is 0.668. The zero-order valence-electron chi connectivity index (χ0n) is 11.1. The average Bonchev–Trinajstić information content (AvgIpc) is 3.03. The molecule has 2 fully saturated rings. The van der Waals surface area contributed by atoms with Crippen LogP contribution in [0.4, 0.5) is 0 Å². The highest BCUT2D eigenvalue weighted by molar-refractivity contribution is 9.12. The molecule has 3 heterocycles. The fourth-order valence-electron chi connectivity index (χ4n) is 3.58. The zero-order valence-corrected chi connectivity index (χ0v) is 12.7. The molecule has 0 aliphatic carbocycles. The van der Waals surface area contributed by atoms with Crippen LogP contribution in [0.1, 0.15) is 37.3 Å². The number of H-pyrrole nitrogens is 1. The number of para-hydroxylation sites is 1. The first-order valence-electron chi connectivity index (χ1n) is 7.00. The maximum absolute atomic E-state index is 7.24. The minimum absolute atomic E-state index is 0.668. The summed E-state index contributed by atoms with van der Waals surface area (Å²) in [6.07, 6.45) is 5.24. The molecular weight excluding hydrogens is 316 g/mol. The predicted molar refractivity (Wildman–Crippen MR) is 82.6 cm³/mol. The number of nitriles is 1. The summed E-state index contributed by atoms with van der Waals surface area (Å²) >= 11 is 2.45. The van der Waals surface area contributed by atoms with E-state index >= 15 is 0 Å². The predicted octanol–water partition coefficient (Wildman–Crippen LogP) is 3.42. The molecule has 2 unspecified atom stereocenters. The van der Waals surface area contributed by atoms with E-state index in [0.717, 1.165) is 17.6 Å². The van der Waals surface area contributed by atoms with Crippen LogP contribution in [0.2, 0.25) is 0 Å². The van der Waals surface area contributed by atoms with Crippen LogP contribution in [0.15, 0.2) is 24.3 Å². The lowest BCUT2D eigenvalue weighted by Crippen LogP contribution is -2.37. The molecule has 0 amide bonds. The molecule has 2 saturated heterocycles. The number of hydrogen-bond donors (Lipinski definition) is 2. The largest absolute Gasteiger partial charge is 0.311 e. The van der Waals surface area contributed by atoms with Crippen LogP contribution in [0.5, 0.6) is 0 Å². The maximum atomic E-state index is 7.24. The van der Waals surface area contributed by atoms with Gasteiger partial charge in [0, 0.05) is 45.0 Å². The van der Waals surface area contributed by atoms with Gasteiger partial charge in [0.25, 0.3) is 0 Å². The van der Waals surface area contributed by atoms with Gasteiger partial charge in [-0.3, -0.25) is 5.10 Å². The number of halogens is 1. The van der Waals surface area contributed by atoms with Crippen LogP contribution >= 0.6 is 15.9 Å². The van der Waals surface area contributed by atoms with E-state index in [-0.39, 0.29) is 0 Å². The molecule has 104 valence electrons. The van der Waals surface area contributed by atoms with Crippen LogP contribution in [-0.4, -0.2) is 22.3 Å². The van der Waals surface area contributed by atoms with Gasteiger partial charge in [-0.15, -0.1) is 0 Å². The van der Waals surface area contributed by atoms with Gasteiger partial charge in [0.2, 0.25) is 0 Å². The van der Waals surface area contributed by atoms with Gasteiger partial charge in [0.15, 0.2) is 0 Å². The number of hydrogen-bond acceptors (Lipinski definition) is 3. The Morgan fingerprint density at radius 3 is 2.55 bits per heavy atom. The number of aromatic nitrogens is 2. The second-order valence-electron chi connectivity index (χ2n) is 5.55. The van der Waals surface area contributed by atoms with Gasteiger partial charge in [0.1, 0.15) is 4.98 Å². The molecule has 4 nitrogen and oxygen atoms in total. The molecule has 1 aromatic heterocycles. The summed E-state index contributed by atoms with van der Waals surface area (Å²) in [5, 5.41) is 19.9. The van der Waals surface area contributed by atoms with Gasteiger partial charge in [0.05, 0.1) is 5.52 Å². The van der Waals surface area contributed by atoms with Gasteiger partial charge in [-0.1, -0.05) is 18.2 Å². The van der Waals surface area contributed by atoms with Gasteiger partial charge < -0.3 is 5.32 Å². The van der Waals surface area contributed by atoms with Crippen molar-refractivity contribution in [2.45, 2.75) is 43.7 Å². The van der Waals surface area contributed by atoms with E-state index in [1.54, 1.807) is 4.98 Å². The Morgan fingerprint density at radius 2 is 1.85 bits per heavy atom. The van der Waals surface area contributed by atoms with Crippen LogP contribution < -0.4 is 5.32 Å². The van der Waals surface area contributed by atoms with Crippen LogP contribution in [-0.2, 0) is 0 Å². The quantitative estimate of drug-likeness (QED) is 0.840. The third-order valence-electron chi connectivity index (χ3n) is 4.37. The van der Waals surface area contributed by atoms with Crippen molar-refractivity contribution in [3.05, 3.63) is 30.0 Å². The molecule has 2 bridgehead atoms. The van der Waals surface area contributed by atoms with Crippen molar-refractivity contribution < 1.29 is 0 Å². The van der Waals surface area contributed by atoms with Crippen LogP contribution in [0.25, 0.3) is 10.9 Å². The molecule has 0 radical (unpaired) electrons. The number of fused-ring (bicyclic) bond motifs is 3. The first kappa shape index (κ1) is 13.6. The summed E-state index contributed by atoms with van der Waals surface area (Å²) in [6, 6.07) is 9.92. The minimum atomic E-state index is 0.668. The Hall–Kier alpha value is -1.38. The van der Waals surface area contributed by atoms with Gasteiger partial charge in [-0.25, -0.2) is 0 Å². The highest BCUT2D eigenvalue weighted by Gasteiger charge is 2.35. The standard InChI is InChI=1S/C14H17N3.CBrN/c1-2-4-13-12(3-1)14(17-16-13)9-7-10-5-6-11(8-9)15-10;2-1-3/h1-4,9-11,15H,5-8H2,(H,16,17);. The minimum Gasteiger partial charge on any atom is -0.311 e. The van der Waals surface area contributed by atoms with Crippen molar-refractivity contribution >= 4 is 26.8 Å². The Morgan fingerprint density at radius 1 is 1.20 bits per heavy atom. The fraction of sp³-hybridized carbons (Fsp3) is 0.467. The first-order valence-corrected chi connectivity index (χ1v) is 7.80. The molecular formula is C15H17BrN4. The zero-order chi connectivity index (χ0) is 13.9. The number of nitrogens with one attached hydrogen (secondary N) is 2. The number of aromatic amines is 1. The van der Waals surface area contributed by atoms with Gasteiger partial charge in [-0.05, 0) is 31.7 Å². The lowest BCUT2D eigenvalue weighted by molar-refractivity contribution is 0.360. The molecule has 2 N–H and O–H groups in total. The summed E-state index contributed by atoms with van der Waals surface area (Å²) in [5.41, 5.74) is 2.47. The van der Waals surface area contributed by atoms with Crippen LogP contribution in [0.3, 0.4) is 0 Å². The topological polar surface area (TPSA) is 64.5 Å². The molecule has 1 aromatic carbocycles. The smallest absolute Gasteiger partial charge is 0.142 e. The normalized spacial score (nSPS) is 27.7. The van der Waals surface area contributed by atoms with E-state index in [0.29, 0.717) is 5.92 Å². The second-order valence-corrected chi connectivity index (χ2v) is 5.90. The number of nitrogens with zero attached hydrogens (tertiary/aromatic N) is 2. The van der Waals surface area contributed by atoms with E-state index < -0.39 is 0 Å². The summed E-state index contributed by atoms with van der Waals surface area (Å²) in [4.78, 5) is 1.56. The highest BCUT2D eigenvalue weighted by Crippen LogP contribution is 2.38. The van der Waals surface area contributed by atoms with E-state index in [1.807, 2.05) is 0 Å². The lowest BCUT2D eigenvalue weighted by atomic mass is 9.88. The Labute approximate surface area is 126 Å². The third kappa shape index (κ3) is 2.58. The second kappa shape index (κ2) is 5.94. The molecule has 0 saturated carbocycles. The van der Waals surface area contributed by atoms with E-state index in [1.165, 1.54) is 36.8 Å². The maximum Gasteiger partial charge on any atom is 0.142 e. The molecule has 2 atom stereocenters. The SMILES string of the molecule is N#CBr.c1ccc2c(C3CC4CCC(C3)N4)[nH]nc2c1. The Bertz CT molecular complexity index is 618. The molecule has 5 heteroatoms. The summed E-state index contributed by atoms with van der Waals surface area (Å²) < 4.78 is 0. The lowest BCUT2D eigenvalue weighted by Gasteiger charge is -2.28.